The van der Waals surface area contributed by atoms with Gasteiger partial charge in [0.15, 0.2) is 0 Å². The summed E-state index contributed by atoms with van der Waals surface area (Å²) in [4.78, 5) is 15.5. The molecular weight excluding hydrogens is 196 g/mol. The second-order valence-electron chi connectivity index (χ2n) is 4.27. The molecule has 5 nitrogen and oxygen atoms in total. The number of hydrogen-bond donors (Lipinski definition) is 2. The van der Waals surface area contributed by atoms with Crippen LogP contribution in [0, 0.1) is 5.92 Å². The first-order valence-corrected chi connectivity index (χ1v) is 4.73. The van der Waals surface area contributed by atoms with Gasteiger partial charge >= 0.3 is 0 Å². The molecule has 0 aromatic rings. The molecule has 0 saturated carbocycles. The number of hydroxylamine groups is 1. The SMILES string of the molecule is CC(C=C=O)[C@@H](C=NO)NOC(C)(C)C. The molecule has 0 aromatic heterocycles. The van der Waals surface area contributed by atoms with E-state index >= 15 is 0 Å². The van der Waals surface area contributed by atoms with Gasteiger partial charge in [0.2, 0.25) is 0 Å². The Morgan fingerprint density at radius 3 is 2.53 bits per heavy atom. The Bertz CT molecular complexity index is 252. The molecule has 0 bridgehead atoms. The number of nitrogens with zero attached hydrogens (tertiary/aromatic N) is 1. The molecule has 0 aromatic carbocycles. The minimum Gasteiger partial charge on any atom is -0.411 e. The van der Waals surface area contributed by atoms with Crippen molar-refractivity contribution >= 4 is 12.2 Å². The highest BCUT2D eigenvalue weighted by Gasteiger charge is 2.17. The second kappa shape index (κ2) is 6.35. The molecule has 2 N–H and O–H groups in total. The third kappa shape index (κ3) is 6.85. The first-order valence-electron chi connectivity index (χ1n) is 4.73. The molecule has 0 spiro atoms. The van der Waals surface area contributed by atoms with Crippen LogP contribution in [0.3, 0.4) is 0 Å². The molecule has 0 fully saturated rings. The number of carbonyl (C=O) groups excluding carboxylic acids is 1. The summed E-state index contributed by atoms with van der Waals surface area (Å²) in [5, 5.41) is 11.4. The van der Waals surface area contributed by atoms with Gasteiger partial charge in [-0.25, -0.2) is 4.79 Å². The fourth-order valence-electron chi connectivity index (χ4n) is 0.801. The van der Waals surface area contributed by atoms with Crippen molar-refractivity contribution in [2.45, 2.75) is 39.3 Å². The Morgan fingerprint density at radius 2 is 2.13 bits per heavy atom. The highest BCUT2D eigenvalue weighted by molar-refractivity contribution is 5.65. The molecule has 1 unspecified atom stereocenters. The Balaban J connectivity index is 4.34. The van der Waals surface area contributed by atoms with Crippen molar-refractivity contribution in [1.82, 2.24) is 5.48 Å². The van der Waals surface area contributed by atoms with E-state index < -0.39 is 0 Å². The minimum absolute atomic E-state index is 0.166. The number of rotatable bonds is 5. The van der Waals surface area contributed by atoms with Gasteiger partial charge in [0.25, 0.3) is 0 Å². The van der Waals surface area contributed by atoms with E-state index in [0.717, 1.165) is 0 Å². The van der Waals surface area contributed by atoms with Gasteiger partial charge in [-0.3, -0.25) is 4.84 Å². The molecule has 0 aliphatic heterocycles. The average molecular weight is 214 g/mol. The summed E-state index contributed by atoms with van der Waals surface area (Å²) in [5.74, 6) is 1.52. The van der Waals surface area contributed by atoms with Crippen LogP contribution in [0.2, 0.25) is 0 Å². The lowest BCUT2D eigenvalue weighted by atomic mass is 10.0. The molecule has 5 heteroatoms. The predicted octanol–water partition coefficient (Wildman–Crippen LogP) is 1.16. The van der Waals surface area contributed by atoms with E-state index in [1.807, 2.05) is 20.8 Å². The van der Waals surface area contributed by atoms with Gasteiger partial charge in [-0.2, -0.15) is 5.48 Å². The summed E-state index contributed by atoms with van der Waals surface area (Å²) in [6.45, 7) is 7.43. The first kappa shape index (κ1) is 13.8. The van der Waals surface area contributed by atoms with Crippen molar-refractivity contribution in [1.29, 1.82) is 0 Å². The summed E-state index contributed by atoms with van der Waals surface area (Å²) in [6, 6.07) is -0.365. The molecule has 0 aliphatic carbocycles. The Labute approximate surface area is 89.8 Å². The third-order valence-electron chi connectivity index (χ3n) is 1.63. The van der Waals surface area contributed by atoms with Crippen LogP contribution in [-0.2, 0) is 9.63 Å². The second-order valence-corrected chi connectivity index (χ2v) is 4.27. The lowest BCUT2D eigenvalue weighted by Crippen LogP contribution is -2.40. The van der Waals surface area contributed by atoms with Crippen molar-refractivity contribution in [3.8, 4) is 0 Å². The van der Waals surface area contributed by atoms with Crippen LogP contribution in [0.5, 0.6) is 0 Å². The van der Waals surface area contributed by atoms with Gasteiger partial charge < -0.3 is 5.21 Å². The van der Waals surface area contributed by atoms with Gasteiger partial charge in [0.1, 0.15) is 5.94 Å². The maximum Gasteiger partial charge on any atom is 0.120 e. The van der Waals surface area contributed by atoms with Gasteiger partial charge in [-0.05, 0) is 20.8 Å². The van der Waals surface area contributed by atoms with Crippen molar-refractivity contribution < 1.29 is 14.8 Å². The van der Waals surface area contributed by atoms with E-state index in [1.54, 1.807) is 12.9 Å². The summed E-state index contributed by atoms with van der Waals surface area (Å²) >= 11 is 0. The van der Waals surface area contributed by atoms with Crippen molar-refractivity contribution in [3.63, 3.8) is 0 Å². The molecule has 2 atom stereocenters. The zero-order valence-electron chi connectivity index (χ0n) is 9.52. The number of oxime groups is 1. The zero-order valence-corrected chi connectivity index (χ0v) is 9.52. The van der Waals surface area contributed by atoms with Crippen LogP contribution in [-0.4, -0.2) is 29.0 Å². The summed E-state index contributed by atoms with van der Waals surface area (Å²) in [6.07, 6.45) is 2.61. The van der Waals surface area contributed by atoms with Crippen molar-refractivity contribution in [2.24, 2.45) is 11.1 Å². The van der Waals surface area contributed by atoms with Gasteiger partial charge in [-0.15, -0.1) is 5.16 Å². The molecule has 15 heavy (non-hydrogen) atoms. The van der Waals surface area contributed by atoms with Crippen molar-refractivity contribution in [2.75, 3.05) is 0 Å². The molecule has 0 radical (unpaired) electrons. The minimum atomic E-state index is -0.365. The molecular formula is C10H18N2O3. The van der Waals surface area contributed by atoms with E-state index in [2.05, 4.69) is 10.6 Å². The van der Waals surface area contributed by atoms with Crippen LogP contribution < -0.4 is 5.48 Å². The molecule has 0 rings (SSSR count). The monoisotopic (exact) mass is 214 g/mol. The standard InChI is InChI=1S/C10H18N2O3/c1-8(5-6-13)9(7-11-14)12-15-10(2,3)4/h5,7-9,12,14H,1-4H3/t8?,9-/m1/s1. The Kier molecular flexibility index (Phi) is 5.86. The molecule has 0 saturated heterocycles. The van der Waals surface area contributed by atoms with Crippen molar-refractivity contribution in [3.05, 3.63) is 6.08 Å². The summed E-state index contributed by atoms with van der Waals surface area (Å²) in [7, 11) is 0. The predicted molar refractivity (Wildman–Crippen MR) is 57.5 cm³/mol. The van der Waals surface area contributed by atoms with E-state index in [1.165, 1.54) is 12.3 Å². The van der Waals surface area contributed by atoms with Crippen LogP contribution in [0.15, 0.2) is 11.2 Å². The average Bonchev–Trinajstić information content (AvgIpc) is 2.11. The first-order chi connectivity index (χ1) is 6.90. The largest absolute Gasteiger partial charge is 0.411 e. The Morgan fingerprint density at radius 1 is 1.53 bits per heavy atom. The lowest BCUT2D eigenvalue weighted by Gasteiger charge is -2.24. The number of nitrogens with one attached hydrogen (secondary N) is 1. The molecule has 0 amide bonds. The smallest absolute Gasteiger partial charge is 0.120 e. The molecule has 86 valence electrons. The molecule has 0 heterocycles. The summed E-state index contributed by atoms with van der Waals surface area (Å²) in [5.41, 5.74) is 2.37. The van der Waals surface area contributed by atoms with E-state index in [-0.39, 0.29) is 17.6 Å². The van der Waals surface area contributed by atoms with Crippen LogP contribution in [0.1, 0.15) is 27.7 Å². The highest BCUT2D eigenvalue weighted by atomic mass is 16.7. The lowest BCUT2D eigenvalue weighted by molar-refractivity contribution is -0.0826. The maximum absolute atomic E-state index is 10.2. The zero-order chi connectivity index (χ0) is 11.9. The van der Waals surface area contributed by atoms with Gasteiger partial charge in [-0.1, -0.05) is 6.92 Å². The normalized spacial score (nSPS) is 16.0. The van der Waals surface area contributed by atoms with Gasteiger partial charge in [0.05, 0.1) is 17.9 Å². The third-order valence-corrected chi connectivity index (χ3v) is 1.63. The van der Waals surface area contributed by atoms with E-state index in [4.69, 9.17) is 10.0 Å². The van der Waals surface area contributed by atoms with Crippen LogP contribution in [0.25, 0.3) is 0 Å². The van der Waals surface area contributed by atoms with Crippen LogP contribution in [0.4, 0.5) is 0 Å². The molecule has 0 aliphatic rings. The van der Waals surface area contributed by atoms with E-state index in [9.17, 15) is 4.79 Å². The maximum atomic E-state index is 10.2. The van der Waals surface area contributed by atoms with Crippen LogP contribution >= 0.6 is 0 Å². The highest BCUT2D eigenvalue weighted by Crippen LogP contribution is 2.07. The topological polar surface area (TPSA) is 70.9 Å². The quantitative estimate of drug-likeness (QED) is 0.312. The fourth-order valence-corrected chi connectivity index (χ4v) is 0.801. The Hall–Kier alpha value is -1.16. The fraction of sp³-hybridized carbons (Fsp3) is 0.700. The van der Waals surface area contributed by atoms with E-state index in [0.29, 0.717) is 0 Å². The van der Waals surface area contributed by atoms with Gasteiger partial charge in [0, 0.05) is 12.0 Å². The summed E-state index contributed by atoms with van der Waals surface area (Å²) < 4.78 is 0. The number of hydrogen-bond acceptors (Lipinski definition) is 5.